The molecule has 0 aliphatic heterocycles. The van der Waals surface area contributed by atoms with Crippen LogP contribution in [-0.4, -0.2) is 0 Å². The van der Waals surface area contributed by atoms with Crippen LogP contribution >= 0.6 is 0 Å². The lowest BCUT2D eigenvalue weighted by molar-refractivity contribution is 0.909. The summed E-state index contributed by atoms with van der Waals surface area (Å²) in [6.07, 6.45) is 12.1. The van der Waals surface area contributed by atoms with Crippen molar-refractivity contribution in [1.29, 1.82) is 0 Å². The lowest BCUT2D eigenvalue weighted by atomic mass is 9.96. The van der Waals surface area contributed by atoms with Gasteiger partial charge in [0.25, 0.3) is 0 Å². The van der Waals surface area contributed by atoms with E-state index in [1.54, 1.807) is 0 Å². The fourth-order valence-corrected chi connectivity index (χ4v) is 1.88. The van der Waals surface area contributed by atoms with Crippen LogP contribution in [-0.2, 0) is 0 Å². The number of hydrogen-bond acceptors (Lipinski definition) is 0. The highest BCUT2D eigenvalue weighted by Crippen LogP contribution is 2.23. The van der Waals surface area contributed by atoms with Crippen molar-refractivity contribution in [2.75, 3.05) is 0 Å². The average molecular weight is 196 g/mol. The number of rotatable bonds is 3. The second-order valence-electron chi connectivity index (χ2n) is 3.78. The van der Waals surface area contributed by atoms with Gasteiger partial charge in [-0.1, -0.05) is 73.2 Å². The SMILES string of the molecule is CCC(=Cc1ccccc1)C1C=CC=C1. The van der Waals surface area contributed by atoms with Crippen LogP contribution in [0, 0.1) is 5.92 Å². The van der Waals surface area contributed by atoms with Crippen LogP contribution in [0.4, 0.5) is 0 Å². The van der Waals surface area contributed by atoms with Gasteiger partial charge in [-0.25, -0.2) is 0 Å². The molecule has 0 heteroatoms. The average Bonchev–Trinajstić information content (AvgIpc) is 2.81. The van der Waals surface area contributed by atoms with Gasteiger partial charge in [-0.3, -0.25) is 0 Å². The van der Waals surface area contributed by atoms with Gasteiger partial charge < -0.3 is 0 Å². The van der Waals surface area contributed by atoms with Gasteiger partial charge in [-0.2, -0.15) is 0 Å². The Kier molecular flexibility index (Phi) is 3.18. The molecule has 0 nitrogen and oxygen atoms in total. The van der Waals surface area contributed by atoms with E-state index in [4.69, 9.17) is 0 Å². The van der Waals surface area contributed by atoms with Crippen molar-refractivity contribution in [3.8, 4) is 0 Å². The summed E-state index contributed by atoms with van der Waals surface area (Å²) in [5, 5.41) is 0. The predicted octanol–water partition coefficient (Wildman–Crippen LogP) is 4.22. The zero-order chi connectivity index (χ0) is 10.5. The minimum absolute atomic E-state index is 0.509. The molecule has 0 aromatic heterocycles. The lowest BCUT2D eigenvalue weighted by Gasteiger charge is -2.09. The van der Waals surface area contributed by atoms with Gasteiger partial charge in [-0.15, -0.1) is 0 Å². The molecule has 0 atom stereocenters. The third kappa shape index (κ3) is 2.47. The summed E-state index contributed by atoms with van der Waals surface area (Å²) < 4.78 is 0. The maximum absolute atomic E-state index is 2.30. The van der Waals surface area contributed by atoms with E-state index in [-0.39, 0.29) is 0 Å². The summed E-state index contributed by atoms with van der Waals surface area (Å²) in [4.78, 5) is 0. The van der Waals surface area contributed by atoms with E-state index < -0.39 is 0 Å². The molecule has 0 amide bonds. The molecule has 0 radical (unpaired) electrons. The normalized spacial score (nSPS) is 16.2. The molecule has 1 aliphatic carbocycles. The molecular formula is C15H16. The highest BCUT2D eigenvalue weighted by Gasteiger charge is 2.07. The van der Waals surface area contributed by atoms with Crippen LogP contribution in [0.15, 0.2) is 60.2 Å². The minimum Gasteiger partial charge on any atom is -0.0736 e. The molecule has 0 saturated heterocycles. The maximum atomic E-state index is 2.30. The van der Waals surface area contributed by atoms with Crippen molar-refractivity contribution in [2.24, 2.45) is 5.92 Å². The van der Waals surface area contributed by atoms with Crippen molar-refractivity contribution in [3.63, 3.8) is 0 Å². The van der Waals surface area contributed by atoms with E-state index in [0.29, 0.717) is 5.92 Å². The maximum Gasteiger partial charge on any atom is 0.0166 e. The quantitative estimate of drug-likeness (QED) is 0.679. The summed E-state index contributed by atoms with van der Waals surface area (Å²) in [7, 11) is 0. The molecule has 15 heavy (non-hydrogen) atoms. The molecule has 76 valence electrons. The predicted molar refractivity (Wildman–Crippen MR) is 66.5 cm³/mol. The van der Waals surface area contributed by atoms with Gasteiger partial charge in [-0.05, 0) is 12.0 Å². The fourth-order valence-electron chi connectivity index (χ4n) is 1.88. The molecule has 1 aromatic rings. The summed E-state index contributed by atoms with van der Waals surface area (Å²) in [5.74, 6) is 0.509. The second kappa shape index (κ2) is 4.79. The van der Waals surface area contributed by atoms with Crippen molar-refractivity contribution >= 4 is 6.08 Å². The Labute approximate surface area is 91.6 Å². The molecule has 0 heterocycles. The van der Waals surface area contributed by atoms with Gasteiger partial charge in [0, 0.05) is 5.92 Å². The first-order chi connectivity index (χ1) is 7.40. The van der Waals surface area contributed by atoms with Gasteiger partial charge in [0.05, 0.1) is 0 Å². The summed E-state index contributed by atoms with van der Waals surface area (Å²) in [6.45, 7) is 2.22. The molecule has 0 N–H and O–H groups in total. The Morgan fingerprint density at radius 3 is 2.40 bits per heavy atom. The van der Waals surface area contributed by atoms with Crippen molar-refractivity contribution in [1.82, 2.24) is 0 Å². The van der Waals surface area contributed by atoms with E-state index >= 15 is 0 Å². The Morgan fingerprint density at radius 1 is 1.13 bits per heavy atom. The van der Waals surface area contributed by atoms with Gasteiger partial charge in [0.15, 0.2) is 0 Å². The number of allylic oxidation sites excluding steroid dienone is 5. The highest BCUT2D eigenvalue weighted by atomic mass is 14.1. The third-order valence-corrected chi connectivity index (χ3v) is 2.74. The Hall–Kier alpha value is -1.56. The van der Waals surface area contributed by atoms with Crippen LogP contribution in [0.2, 0.25) is 0 Å². The van der Waals surface area contributed by atoms with E-state index in [1.807, 2.05) is 0 Å². The Bertz CT molecular complexity index is 381. The molecule has 0 fully saturated rings. The molecule has 1 aliphatic rings. The monoisotopic (exact) mass is 196 g/mol. The van der Waals surface area contributed by atoms with Gasteiger partial charge in [0.1, 0.15) is 0 Å². The number of hydrogen-bond donors (Lipinski definition) is 0. The summed E-state index contributed by atoms with van der Waals surface area (Å²) in [6, 6.07) is 10.5. The fraction of sp³-hybridized carbons (Fsp3) is 0.200. The van der Waals surface area contributed by atoms with Crippen LogP contribution < -0.4 is 0 Å². The second-order valence-corrected chi connectivity index (χ2v) is 3.78. The highest BCUT2D eigenvalue weighted by molar-refractivity contribution is 5.55. The van der Waals surface area contributed by atoms with Crippen LogP contribution in [0.3, 0.4) is 0 Å². The zero-order valence-corrected chi connectivity index (χ0v) is 9.06. The topological polar surface area (TPSA) is 0 Å². The van der Waals surface area contributed by atoms with Gasteiger partial charge in [0.2, 0.25) is 0 Å². The van der Waals surface area contributed by atoms with E-state index in [9.17, 15) is 0 Å². The smallest absolute Gasteiger partial charge is 0.0166 e. The first kappa shape index (κ1) is 9.97. The summed E-state index contributed by atoms with van der Waals surface area (Å²) >= 11 is 0. The molecule has 0 bridgehead atoms. The van der Waals surface area contributed by atoms with Crippen molar-refractivity contribution < 1.29 is 0 Å². The van der Waals surface area contributed by atoms with Crippen LogP contribution in [0.25, 0.3) is 6.08 Å². The summed E-state index contributed by atoms with van der Waals surface area (Å²) in [5.41, 5.74) is 2.77. The molecular weight excluding hydrogens is 180 g/mol. The van der Waals surface area contributed by atoms with Gasteiger partial charge >= 0.3 is 0 Å². The van der Waals surface area contributed by atoms with E-state index in [0.717, 1.165) is 6.42 Å². The molecule has 2 rings (SSSR count). The largest absolute Gasteiger partial charge is 0.0736 e. The zero-order valence-electron chi connectivity index (χ0n) is 9.06. The molecule has 0 spiro atoms. The van der Waals surface area contributed by atoms with Crippen molar-refractivity contribution in [2.45, 2.75) is 13.3 Å². The Morgan fingerprint density at radius 2 is 1.80 bits per heavy atom. The van der Waals surface area contributed by atoms with Crippen LogP contribution in [0.5, 0.6) is 0 Å². The van der Waals surface area contributed by atoms with E-state index in [1.165, 1.54) is 11.1 Å². The third-order valence-electron chi connectivity index (χ3n) is 2.74. The number of benzene rings is 1. The Balaban J connectivity index is 2.23. The van der Waals surface area contributed by atoms with Crippen LogP contribution in [0.1, 0.15) is 18.9 Å². The minimum atomic E-state index is 0.509. The van der Waals surface area contributed by atoms with E-state index in [2.05, 4.69) is 67.6 Å². The lowest BCUT2D eigenvalue weighted by Crippen LogP contribution is -1.94. The first-order valence-electron chi connectivity index (χ1n) is 5.50. The van der Waals surface area contributed by atoms with Crippen molar-refractivity contribution in [3.05, 3.63) is 65.8 Å². The standard InChI is InChI=1S/C15H16/c1-2-14(15-10-6-7-11-15)12-13-8-4-3-5-9-13/h3-12,15H,2H2,1H3. The first-order valence-corrected chi connectivity index (χ1v) is 5.50. The molecule has 1 aromatic carbocycles. The molecule has 0 unspecified atom stereocenters. The molecule has 0 saturated carbocycles.